The fourth-order valence-electron chi connectivity index (χ4n) is 4.05. The average molecular weight is 505 g/mol. The van der Waals surface area contributed by atoms with E-state index in [2.05, 4.69) is 20.5 Å². The number of rotatable bonds is 5. The van der Waals surface area contributed by atoms with Crippen LogP contribution in [-0.4, -0.2) is 92.5 Å². The quantitative estimate of drug-likeness (QED) is 0.339. The van der Waals surface area contributed by atoms with E-state index in [9.17, 15) is 13.2 Å². The topological polar surface area (TPSA) is 52.1 Å². The van der Waals surface area contributed by atoms with Gasteiger partial charge in [-0.25, -0.2) is 0 Å². The van der Waals surface area contributed by atoms with Crippen LogP contribution < -0.4 is 10.6 Å². The van der Waals surface area contributed by atoms with Crippen LogP contribution in [0.1, 0.15) is 26.2 Å². The summed E-state index contributed by atoms with van der Waals surface area (Å²) in [6.07, 6.45) is -0.902. The molecule has 3 rings (SSSR count). The van der Waals surface area contributed by atoms with E-state index in [4.69, 9.17) is 4.74 Å². The Kier molecular flexibility index (Phi) is 8.88. The first-order valence-electron chi connectivity index (χ1n) is 9.62. The van der Waals surface area contributed by atoms with Gasteiger partial charge < -0.3 is 15.4 Å². The summed E-state index contributed by atoms with van der Waals surface area (Å²) in [7, 11) is 0. The van der Waals surface area contributed by atoms with Crippen molar-refractivity contribution in [3.63, 3.8) is 0 Å². The number of aliphatic imine (C=N–C) groups is 1. The molecule has 0 radical (unpaired) electrons. The van der Waals surface area contributed by atoms with Gasteiger partial charge in [0.25, 0.3) is 0 Å². The predicted molar refractivity (Wildman–Crippen MR) is 110 cm³/mol. The number of nitrogens with zero attached hydrogens (tertiary/aromatic N) is 3. The van der Waals surface area contributed by atoms with Crippen LogP contribution in [-0.2, 0) is 4.74 Å². The average Bonchev–Trinajstić information content (AvgIpc) is 3.20. The minimum Gasteiger partial charge on any atom is -0.373 e. The SMILES string of the molecule is CCNC(=NCC1CN2CCCC2CO1)NC1CCN(CC(F)(F)F)C1.I. The van der Waals surface area contributed by atoms with Crippen molar-refractivity contribution < 1.29 is 17.9 Å². The molecule has 0 aromatic carbocycles. The number of hydrogen-bond donors (Lipinski definition) is 2. The molecule has 6 nitrogen and oxygen atoms in total. The lowest BCUT2D eigenvalue weighted by atomic mass is 10.2. The second-order valence-corrected chi connectivity index (χ2v) is 7.45. The van der Waals surface area contributed by atoms with Gasteiger partial charge in [-0.05, 0) is 32.7 Å². The van der Waals surface area contributed by atoms with Gasteiger partial charge in [-0.15, -0.1) is 24.0 Å². The number of hydrogen-bond acceptors (Lipinski definition) is 4. The number of guanidine groups is 1. The van der Waals surface area contributed by atoms with Crippen molar-refractivity contribution in [3.8, 4) is 0 Å². The highest BCUT2D eigenvalue weighted by atomic mass is 127. The molecule has 0 spiro atoms. The standard InChI is InChI=1S/C17H30F3N5O.HI/c1-2-21-16(23-13-5-7-24(9-13)12-17(18,19)20)22-8-15-10-25-6-3-4-14(25)11-26-15;/h13-15H,2-12H2,1H3,(H2,21,22,23);1H. The van der Waals surface area contributed by atoms with E-state index in [-0.39, 0.29) is 36.1 Å². The van der Waals surface area contributed by atoms with Crippen LogP contribution in [0.3, 0.4) is 0 Å². The molecule has 3 unspecified atom stereocenters. The van der Waals surface area contributed by atoms with Gasteiger partial charge in [-0.1, -0.05) is 0 Å². The molecule has 3 aliphatic rings. The van der Waals surface area contributed by atoms with Crippen LogP contribution in [0.15, 0.2) is 4.99 Å². The van der Waals surface area contributed by atoms with E-state index < -0.39 is 12.7 Å². The first-order chi connectivity index (χ1) is 12.4. The van der Waals surface area contributed by atoms with Crippen molar-refractivity contribution in [3.05, 3.63) is 0 Å². The summed E-state index contributed by atoms with van der Waals surface area (Å²) < 4.78 is 43.5. The van der Waals surface area contributed by atoms with Crippen molar-refractivity contribution in [1.29, 1.82) is 0 Å². The van der Waals surface area contributed by atoms with E-state index in [1.54, 1.807) is 0 Å². The fraction of sp³-hybridized carbons (Fsp3) is 0.941. The molecule has 0 saturated carbocycles. The Morgan fingerprint density at radius 3 is 2.78 bits per heavy atom. The zero-order valence-electron chi connectivity index (χ0n) is 15.8. The fourth-order valence-corrected chi connectivity index (χ4v) is 4.05. The van der Waals surface area contributed by atoms with E-state index in [1.807, 2.05) is 6.92 Å². The molecule has 0 aromatic heterocycles. The summed E-state index contributed by atoms with van der Waals surface area (Å²) in [5.41, 5.74) is 0. The van der Waals surface area contributed by atoms with Crippen LogP contribution in [0.2, 0.25) is 0 Å². The second-order valence-electron chi connectivity index (χ2n) is 7.45. The molecule has 10 heteroatoms. The third kappa shape index (κ3) is 7.21. The molecular formula is C17H31F3IN5O. The first-order valence-corrected chi connectivity index (χ1v) is 9.62. The number of morpholine rings is 1. The maximum atomic E-state index is 12.5. The summed E-state index contributed by atoms with van der Waals surface area (Å²) in [6.45, 7) is 6.10. The molecule has 3 fully saturated rings. The third-order valence-corrected chi connectivity index (χ3v) is 5.27. The van der Waals surface area contributed by atoms with Crippen molar-refractivity contribution in [2.24, 2.45) is 4.99 Å². The van der Waals surface area contributed by atoms with Crippen molar-refractivity contribution in [1.82, 2.24) is 20.4 Å². The summed E-state index contributed by atoms with van der Waals surface area (Å²) in [5.74, 6) is 0.665. The van der Waals surface area contributed by atoms with Gasteiger partial charge in [-0.3, -0.25) is 14.8 Å². The zero-order chi connectivity index (χ0) is 18.6. The molecule has 0 bridgehead atoms. The Bertz CT molecular complexity index is 494. The largest absolute Gasteiger partial charge is 0.401 e. The van der Waals surface area contributed by atoms with Crippen molar-refractivity contribution in [2.45, 2.75) is 50.6 Å². The molecule has 27 heavy (non-hydrogen) atoms. The highest BCUT2D eigenvalue weighted by molar-refractivity contribution is 14.0. The summed E-state index contributed by atoms with van der Waals surface area (Å²) in [5, 5.41) is 6.47. The number of nitrogens with one attached hydrogen (secondary N) is 2. The normalized spacial score (nSPS) is 30.1. The van der Waals surface area contributed by atoms with Gasteiger partial charge in [0.05, 0.1) is 25.8 Å². The molecule has 2 N–H and O–H groups in total. The maximum absolute atomic E-state index is 12.5. The number of likely N-dealkylation sites (tertiary alicyclic amines) is 1. The molecule has 3 saturated heterocycles. The summed E-state index contributed by atoms with van der Waals surface area (Å²) in [4.78, 5) is 8.54. The van der Waals surface area contributed by atoms with E-state index in [0.29, 0.717) is 44.6 Å². The molecule has 0 aliphatic carbocycles. The van der Waals surface area contributed by atoms with Crippen LogP contribution in [0.5, 0.6) is 0 Å². The van der Waals surface area contributed by atoms with E-state index in [1.165, 1.54) is 17.7 Å². The third-order valence-electron chi connectivity index (χ3n) is 5.27. The van der Waals surface area contributed by atoms with Crippen molar-refractivity contribution >= 4 is 29.9 Å². The highest BCUT2D eigenvalue weighted by Gasteiger charge is 2.35. The van der Waals surface area contributed by atoms with Gasteiger partial charge >= 0.3 is 6.18 Å². The van der Waals surface area contributed by atoms with Gasteiger partial charge in [0.2, 0.25) is 0 Å². The number of fused-ring (bicyclic) bond motifs is 1. The van der Waals surface area contributed by atoms with Crippen LogP contribution in [0, 0.1) is 0 Å². The Morgan fingerprint density at radius 1 is 1.22 bits per heavy atom. The number of alkyl halides is 3. The van der Waals surface area contributed by atoms with Gasteiger partial charge in [0.1, 0.15) is 0 Å². The lowest BCUT2D eigenvalue weighted by Crippen LogP contribution is -2.48. The Balaban J connectivity index is 0.00000261. The Morgan fingerprint density at radius 2 is 2.04 bits per heavy atom. The highest BCUT2D eigenvalue weighted by Crippen LogP contribution is 2.23. The predicted octanol–water partition coefficient (Wildman–Crippen LogP) is 1.66. The summed E-state index contributed by atoms with van der Waals surface area (Å²) >= 11 is 0. The van der Waals surface area contributed by atoms with Crippen LogP contribution in [0.25, 0.3) is 0 Å². The Hall–Kier alpha value is -0.330. The minimum atomic E-state index is -4.14. The summed E-state index contributed by atoms with van der Waals surface area (Å²) in [6, 6.07) is 0.560. The lowest BCUT2D eigenvalue weighted by molar-refractivity contribution is -0.143. The second kappa shape index (κ2) is 10.4. The molecule has 3 aliphatic heterocycles. The minimum absolute atomic E-state index is 0. The molecule has 0 aromatic rings. The van der Waals surface area contributed by atoms with Crippen LogP contribution >= 0.6 is 24.0 Å². The molecule has 3 atom stereocenters. The number of ether oxygens (including phenoxy) is 1. The zero-order valence-corrected chi connectivity index (χ0v) is 18.1. The first kappa shape index (κ1) is 23.0. The van der Waals surface area contributed by atoms with Crippen LogP contribution in [0.4, 0.5) is 13.2 Å². The smallest absolute Gasteiger partial charge is 0.373 e. The molecule has 158 valence electrons. The van der Waals surface area contributed by atoms with E-state index >= 15 is 0 Å². The van der Waals surface area contributed by atoms with Gasteiger partial charge in [-0.2, -0.15) is 13.2 Å². The van der Waals surface area contributed by atoms with E-state index in [0.717, 1.165) is 19.7 Å². The molecular weight excluding hydrogens is 474 g/mol. The lowest BCUT2D eigenvalue weighted by Gasteiger charge is -2.34. The van der Waals surface area contributed by atoms with Gasteiger partial charge in [0, 0.05) is 38.3 Å². The molecule has 3 heterocycles. The molecule has 0 amide bonds. The number of halogens is 4. The Labute approximate surface area is 176 Å². The maximum Gasteiger partial charge on any atom is 0.401 e. The van der Waals surface area contributed by atoms with Gasteiger partial charge in [0.15, 0.2) is 5.96 Å². The van der Waals surface area contributed by atoms with Crippen molar-refractivity contribution in [2.75, 3.05) is 52.4 Å². The monoisotopic (exact) mass is 505 g/mol.